The maximum Gasteiger partial charge on any atom is 0.224 e. The maximum absolute atomic E-state index is 13.1. The third-order valence-corrected chi connectivity index (χ3v) is 7.60. The molecule has 5 aliphatic rings. The van der Waals surface area contributed by atoms with Gasteiger partial charge in [0.15, 0.2) is 0 Å². The monoisotopic (exact) mass is 367 g/mol. The van der Waals surface area contributed by atoms with Crippen molar-refractivity contribution < 1.29 is 4.79 Å². The minimum absolute atomic E-state index is 0.271. The highest BCUT2D eigenvalue weighted by Gasteiger charge is 2.54. The summed E-state index contributed by atoms with van der Waals surface area (Å²) in [6, 6.07) is 11.1. The van der Waals surface area contributed by atoms with Crippen molar-refractivity contribution in [1.29, 1.82) is 0 Å². The van der Waals surface area contributed by atoms with Crippen LogP contribution in [0.5, 0.6) is 0 Å². The summed E-state index contributed by atoms with van der Waals surface area (Å²) >= 11 is 0. The van der Waals surface area contributed by atoms with Gasteiger partial charge in [-0.3, -0.25) is 4.79 Å². The van der Waals surface area contributed by atoms with Gasteiger partial charge in [-0.15, -0.1) is 0 Å². The van der Waals surface area contributed by atoms with E-state index in [1.165, 1.54) is 24.9 Å². The average Bonchev–Trinajstić information content (AvgIpc) is 3.06. The molecule has 0 spiro atoms. The molecule has 4 heterocycles. The molecule has 2 unspecified atom stereocenters. The van der Waals surface area contributed by atoms with Gasteiger partial charge < -0.3 is 15.1 Å². The number of nitrogens with one attached hydrogen (secondary N) is 1. The van der Waals surface area contributed by atoms with Gasteiger partial charge in [0, 0.05) is 51.2 Å². The fourth-order valence-corrected chi connectivity index (χ4v) is 6.69. The molecule has 1 aromatic rings. The zero-order chi connectivity index (χ0) is 18.4. The summed E-state index contributed by atoms with van der Waals surface area (Å²) in [6.07, 6.45) is 4.72. The summed E-state index contributed by atoms with van der Waals surface area (Å²) in [6.45, 7) is 9.22. The second-order valence-electron chi connectivity index (χ2n) is 9.99. The van der Waals surface area contributed by atoms with Crippen molar-refractivity contribution in [3.8, 4) is 0 Å². The topological polar surface area (TPSA) is 35.6 Å². The first-order valence-electron chi connectivity index (χ1n) is 10.9. The number of carbonyl (C=O) groups is 1. The van der Waals surface area contributed by atoms with E-state index in [0.717, 1.165) is 45.6 Å². The number of likely N-dealkylation sites (tertiary alicyclic amines) is 1. The zero-order valence-electron chi connectivity index (χ0n) is 16.6. The Morgan fingerprint density at radius 2 is 1.89 bits per heavy atom. The van der Waals surface area contributed by atoms with Gasteiger partial charge in [0.2, 0.25) is 5.91 Å². The van der Waals surface area contributed by atoms with Crippen LogP contribution in [0.15, 0.2) is 30.3 Å². The van der Waals surface area contributed by atoms with E-state index in [-0.39, 0.29) is 5.92 Å². The van der Waals surface area contributed by atoms with Crippen molar-refractivity contribution in [3.63, 3.8) is 0 Å². The molecule has 1 N–H and O–H groups in total. The summed E-state index contributed by atoms with van der Waals surface area (Å²) in [5.41, 5.74) is 1.88. The third kappa shape index (κ3) is 3.54. The number of piperidine rings is 3. The van der Waals surface area contributed by atoms with E-state index >= 15 is 0 Å². The van der Waals surface area contributed by atoms with Crippen LogP contribution in [0.1, 0.15) is 31.7 Å². The number of carbonyl (C=O) groups excluding carboxylic acids is 1. The normalized spacial score (nSPS) is 40.4. The summed E-state index contributed by atoms with van der Waals surface area (Å²) in [4.78, 5) is 18.3. The Kier molecular flexibility index (Phi) is 4.52. The molecular weight excluding hydrogens is 334 g/mol. The lowest BCUT2D eigenvalue weighted by molar-refractivity contribution is -0.150. The Labute approximate surface area is 163 Å². The zero-order valence-corrected chi connectivity index (χ0v) is 16.6. The molecule has 6 rings (SSSR count). The first-order valence-corrected chi connectivity index (χ1v) is 10.9. The van der Waals surface area contributed by atoms with Crippen LogP contribution in [0.3, 0.4) is 0 Å². The van der Waals surface area contributed by atoms with Crippen LogP contribution in [0.4, 0.5) is 0 Å². The highest BCUT2D eigenvalue weighted by Crippen LogP contribution is 2.53. The average molecular weight is 368 g/mol. The van der Waals surface area contributed by atoms with Crippen molar-refractivity contribution in [3.05, 3.63) is 35.9 Å². The predicted octanol–water partition coefficient (Wildman–Crippen LogP) is 2.40. The van der Waals surface area contributed by atoms with Gasteiger partial charge in [-0.05, 0) is 48.5 Å². The molecule has 1 saturated carbocycles. The van der Waals surface area contributed by atoms with Gasteiger partial charge in [0.25, 0.3) is 0 Å². The largest absolute Gasteiger partial charge is 0.352 e. The number of nitrogens with zero attached hydrogens (tertiary/aromatic N) is 2. The first kappa shape index (κ1) is 17.7. The number of hydrogen-bond acceptors (Lipinski definition) is 3. The van der Waals surface area contributed by atoms with Crippen molar-refractivity contribution in [2.24, 2.45) is 23.2 Å². The quantitative estimate of drug-likeness (QED) is 0.868. The van der Waals surface area contributed by atoms with Gasteiger partial charge in [0.1, 0.15) is 0 Å². The van der Waals surface area contributed by atoms with E-state index in [0.29, 0.717) is 29.2 Å². The summed E-state index contributed by atoms with van der Waals surface area (Å²) in [5, 5.41) is 3.45. The third-order valence-electron chi connectivity index (χ3n) is 7.60. The summed E-state index contributed by atoms with van der Waals surface area (Å²) in [5.74, 6) is 1.81. The Morgan fingerprint density at radius 3 is 2.59 bits per heavy atom. The van der Waals surface area contributed by atoms with Gasteiger partial charge >= 0.3 is 0 Å². The van der Waals surface area contributed by atoms with E-state index in [4.69, 9.17) is 0 Å². The smallest absolute Gasteiger partial charge is 0.224 e. The van der Waals surface area contributed by atoms with Gasteiger partial charge in [-0.1, -0.05) is 37.3 Å². The van der Waals surface area contributed by atoms with Gasteiger partial charge in [-0.25, -0.2) is 0 Å². The molecule has 27 heavy (non-hydrogen) atoms. The molecule has 4 bridgehead atoms. The minimum atomic E-state index is 0.271. The van der Waals surface area contributed by atoms with E-state index in [9.17, 15) is 4.79 Å². The number of rotatable bonds is 5. The fourth-order valence-electron chi connectivity index (χ4n) is 6.69. The molecule has 4 saturated heterocycles. The highest BCUT2D eigenvalue weighted by atomic mass is 16.2. The minimum Gasteiger partial charge on any atom is -0.352 e. The fraction of sp³-hybridized carbons (Fsp3) is 0.696. The molecule has 146 valence electrons. The van der Waals surface area contributed by atoms with Crippen LogP contribution in [0, 0.1) is 23.2 Å². The Balaban J connectivity index is 1.13. The van der Waals surface area contributed by atoms with Gasteiger partial charge in [-0.2, -0.15) is 0 Å². The Morgan fingerprint density at radius 1 is 1.15 bits per heavy atom. The molecule has 1 aromatic carbocycles. The first-order chi connectivity index (χ1) is 13.1. The van der Waals surface area contributed by atoms with Crippen LogP contribution in [-0.4, -0.2) is 61.0 Å². The number of hydrogen-bond donors (Lipinski definition) is 1. The molecule has 4 heteroatoms. The molecule has 0 aromatic heterocycles. The van der Waals surface area contributed by atoms with E-state index in [2.05, 4.69) is 52.4 Å². The molecule has 4 aliphatic heterocycles. The van der Waals surface area contributed by atoms with Crippen molar-refractivity contribution in [1.82, 2.24) is 15.1 Å². The molecule has 0 radical (unpaired) electrons. The lowest BCUT2D eigenvalue weighted by Gasteiger charge is -2.60. The Bertz CT molecular complexity index is 674. The van der Waals surface area contributed by atoms with E-state index in [1.54, 1.807) is 0 Å². The Hall–Kier alpha value is -1.39. The SMILES string of the molecule is CC12CC3CN(CC(C1)C3C(=O)N[C@H]1CCN(CCc3ccccc3)C1)C2. The molecular formula is C23H33N3O. The van der Waals surface area contributed by atoms with Crippen LogP contribution in [0.25, 0.3) is 0 Å². The second kappa shape index (κ2) is 6.89. The lowest BCUT2D eigenvalue weighted by atomic mass is 9.55. The molecule has 5 fully saturated rings. The standard InChI is InChI=1S/C23H33N3O/c1-23-11-18-13-26(16-23)14-19(12-23)21(18)22(27)24-20-8-10-25(15-20)9-7-17-5-3-2-4-6-17/h2-6,18-21H,7-16H2,1H3,(H,24,27)/t18?,19?,20-,21?,23?/m0/s1. The predicted molar refractivity (Wildman–Crippen MR) is 107 cm³/mol. The van der Waals surface area contributed by atoms with Crippen molar-refractivity contribution >= 4 is 5.91 Å². The van der Waals surface area contributed by atoms with Crippen LogP contribution < -0.4 is 5.32 Å². The second-order valence-corrected chi connectivity index (χ2v) is 9.99. The maximum atomic E-state index is 13.1. The molecule has 3 atom stereocenters. The van der Waals surface area contributed by atoms with E-state index < -0.39 is 0 Å². The summed E-state index contributed by atoms with van der Waals surface area (Å²) < 4.78 is 0. The number of benzene rings is 1. The highest BCUT2D eigenvalue weighted by molar-refractivity contribution is 5.80. The number of amides is 1. The molecule has 4 nitrogen and oxygen atoms in total. The van der Waals surface area contributed by atoms with Gasteiger partial charge in [0.05, 0.1) is 0 Å². The summed E-state index contributed by atoms with van der Waals surface area (Å²) in [7, 11) is 0. The van der Waals surface area contributed by atoms with Crippen LogP contribution in [-0.2, 0) is 11.2 Å². The molecule has 1 amide bonds. The van der Waals surface area contributed by atoms with Crippen molar-refractivity contribution in [2.45, 2.75) is 38.6 Å². The van der Waals surface area contributed by atoms with Crippen LogP contribution in [0.2, 0.25) is 0 Å². The molecule has 1 aliphatic carbocycles. The van der Waals surface area contributed by atoms with Crippen molar-refractivity contribution in [2.75, 3.05) is 39.3 Å². The lowest BCUT2D eigenvalue weighted by Crippen LogP contribution is -2.64. The van der Waals surface area contributed by atoms with Crippen LogP contribution >= 0.6 is 0 Å². The van der Waals surface area contributed by atoms with E-state index in [1.807, 2.05) is 0 Å².